The maximum Gasteiger partial charge on any atom is 0.132 e. The third kappa shape index (κ3) is 2.62. The van der Waals surface area contributed by atoms with Gasteiger partial charge in [-0.3, -0.25) is 4.79 Å². The first-order valence-electron chi connectivity index (χ1n) is 4.32. The molecule has 1 aliphatic heterocycles. The van der Waals surface area contributed by atoms with E-state index < -0.39 is 0 Å². The zero-order valence-electron chi connectivity index (χ0n) is 7.30. The van der Waals surface area contributed by atoms with E-state index in [2.05, 4.69) is 0 Å². The number of carbonyl (C=O) groups excluding carboxylic acids is 1. The number of ether oxygens (including phenoxy) is 1. The summed E-state index contributed by atoms with van der Waals surface area (Å²) in [7, 11) is 0. The minimum Gasteiger partial charge on any atom is -0.378 e. The first-order chi connectivity index (χ1) is 5.20. The van der Waals surface area contributed by atoms with Crippen LogP contribution < -0.4 is 0 Å². The van der Waals surface area contributed by atoms with E-state index in [4.69, 9.17) is 4.74 Å². The van der Waals surface area contributed by atoms with E-state index >= 15 is 0 Å². The average molecular weight is 156 g/mol. The fourth-order valence-electron chi connectivity index (χ4n) is 1.39. The summed E-state index contributed by atoms with van der Waals surface area (Å²) in [6.45, 7) is 4.51. The molecule has 2 nitrogen and oxygen atoms in total. The van der Waals surface area contributed by atoms with Crippen LogP contribution in [0.1, 0.15) is 33.1 Å². The molecule has 2 atom stereocenters. The van der Waals surface area contributed by atoms with Gasteiger partial charge in [-0.1, -0.05) is 6.92 Å². The van der Waals surface area contributed by atoms with Gasteiger partial charge in [-0.2, -0.15) is 0 Å². The molecule has 2 unspecified atom stereocenters. The van der Waals surface area contributed by atoms with Gasteiger partial charge in [0.25, 0.3) is 0 Å². The topological polar surface area (TPSA) is 26.3 Å². The fourth-order valence-corrected chi connectivity index (χ4v) is 1.39. The van der Waals surface area contributed by atoms with Gasteiger partial charge >= 0.3 is 0 Å². The summed E-state index contributed by atoms with van der Waals surface area (Å²) in [5.74, 6) is 0.457. The van der Waals surface area contributed by atoms with E-state index in [1.807, 2.05) is 6.92 Å². The largest absolute Gasteiger partial charge is 0.378 e. The Hall–Kier alpha value is -0.370. The van der Waals surface area contributed by atoms with Gasteiger partial charge in [0.1, 0.15) is 5.78 Å². The van der Waals surface area contributed by atoms with Gasteiger partial charge in [0.2, 0.25) is 0 Å². The SMILES string of the molecule is CC(=O)C(C)CC1CCCO1. The Bertz CT molecular complexity index is 136. The van der Waals surface area contributed by atoms with Crippen molar-refractivity contribution in [2.45, 2.75) is 39.2 Å². The Morgan fingerprint density at radius 2 is 2.45 bits per heavy atom. The predicted molar refractivity (Wildman–Crippen MR) is 43.4 cm³/mol. The van der Waals surface area contributed by atoms with E-state index in [-0.39, 0.29) is 11.7 Å². The van der Waals surface area contributed by atoms with Crippen LogP contribution in [0.25, 0.3) is 0 Å². The molecule has 0 N–H and O–H groups in total. The van der Waals surface area contributed by atoms with Gasteiger partial charge in [0, 0.05) is 12.5 Å². The predicted octanol–water partition coefficient (Wildman–Crippen LogP) is 1.78. The highest BCUT2D eigenvalue weighted by Gasteiger charge is 2.19. The van der Waals surface area contributed by atoms with Crippen molar-refractivity contribution in [2.75, 3.05) is 6.61 Å². The number of rotatable bonds is 3. The Labute approximate surface area is 67.9 Å². The van der Waals surface area contributed by atoms with Gasteiger partial charge in [0.15, 0.2) is 0 Å². The van der Waals surface area contributed by atoms with Crippen LogP contribution in [-0.4, -0.2) is 18.5 Å². The van der Waals surface area contributed by atoms with E-state index in [0.29, 0.717) is 6.10 Å². The first-order valence-corrected chi connectivity index (χ1v) is 4.32. The van der Waals surface area contributed by atoms with Crippen LogP contribution in [0.15, 0.2) is 0 Å². The molecule has 1 aliphatic rings. The molecule has 0 saturated carbocycles. The van der Waals surface area contributed by atoms with E-state index in [1.165, 1.54) is 0 Å². The molecule has 0 aromatic rings. The molecule has 1 saturated heterocycles. The minimum absolute atomic E-state index is 0.179. The number of hydrogen-bond acceptors (Lipinski definition) is 2. The molecule has 0 aromatic carbocycles. The van der Waals surface area contributed by atoms with Crippen molar-refractivity contribution in [1.29, 1.82) is 0 Å². The summed E-state index contributed by atoms with van der Waals surface area (Å²) in [4.78, 5) is 10.9. The highest BCUT2D eigenvalue weighted by Crippen LogP contribution is 2.19. The molecular weight excluding hydrogens is 140 g/mol. The molecule has 0 amide bonds. The number of carbonyl (C=O) groups is 1. The summed E-state index contributed by atoms with van der Waals surface area (Å²) < 4.78 is 5.42. The molecule has 0 aliphatic carbocycles. The quantitative estimate of drug-likeness (QED) is 0.622. The zero-order valence-corrected chi connectivity index (χ0v) is 7.30. The number of ketones is 1. The Kier molecular flexibility index (Phi) is 3.06. The molecule has 1 fully saturated rings. The Morgan fingerprint density at radius 1 is 1.73 bits per heavy atom. The molecular formula is C9H16O2. The van der Waals surface area contributed by atoms with Gasteiger partial charge in [-0.05, 0) is 26.2 Å². The molecule has 0 bridgehead atoms. The number of Topliss-reactive ketones (excluding diaryl/α,β-unsaturated/α-hetero) is 1. The van der Waals surface area contributed by atoms with Crippen LogP contribution in [0.5, 0.6) is 0 Å². The maximum atomic E-state index is 10.9. The van der Waals surface area contributed by atoms with Crippen LogP contribution in [0.4, 0.5) is 0 Å². The first kappa shape index (κ1) is 8.72. The van der Waals surface area contributed by atoms with Crippen LogP contribution >= 0.6 is 0 Å². The fraction of sp³-hybridized carbons (Fsp3) is 0.889. The molecule has 64 valence electrons. The maximum absolute atomic E-state index is 10.9. The van der Waals surface area contributed by atoms with Crippen molar-refractivity contribution >= 4 is 5.78 Å². The summed E-state index contributed by atoms with van der Waals surface area (Å²) in [6.07, 6.45) is 3.57. The van der Waals surface area contributed by atoms with E-state index in [9.17, 15) is 4.79 Å². The van der Waals surface area contributed by atoms with Crippen molar-refractivity contribution in [2.24, 2.45) is 5.92 Å². The van der Waals surface area contributed by atoms with Gasteiger partial charge in [-0.15, -0.1) is 0 Å². The highest BCUT2D eigenvalue weighted by atomic mass is 16.5. The van der Waals surface area contributed by atoms with Crippen molar-refractivity contribution in [3.63, 3.8) is 0 Å². The van der Waals surface area contributed by atoms with E-state index in [0.717, 1.165) is 25.9 Å². The zero-order chi connectivity index (χ0) is 8.27. The lowest BCUT2D eigenvalue weighted by Gasteiger charge is -2.12. The second-order valence-corrected chi connectivity index (χ2v) is 3.38. The van der Waals surface area contributed by atoms with Gasteiger partial charge in [-0.25, -0.2) is 0 Å². The molecule has 0 spiro atoms. The second kappa shape index (κ2) is 3.86. The lowest BCUT2D eigenvalue weighted by atomic mass is 9.99. The van der Waals surface area contributed by atoms with Crippen LogP contribution in [-0.2, 0) is 9.53 Å². The number of hydrogen-bond donors (Lipinski definition) is 0. The van der Waals surface area contributed by atoms with Crippen molar-refractivity contribution in [3.05, 3.63) is 0 Å². The van der Waals surface area contributed by atoms with Crippen molar-refractivity contribution in [1.82, 2.24) is 0 Å². The monoisotopic (exact) mass is 156 g/mol. The van der Waals surface area contributed by atoms with Gasteiger partial charge in [0.05, 0.1) is 6.10 Å². The lowest BCUT2D eigenvalue weighted by Crippen LogP contribution is -2.15. The van der Waals surface area contributed by atoms with E-state index in [1.54, 1.807) is 6.92 Å². The molecule has 2 heteroatoms. The summed E-state index contributed by atoms with van der Waals surface area (Å²) in [6, 6.07) is 0. The molecule has 1 rings (SSSR count). The average Bonchev–Trinajstić information content (AvgIpc) is 2.39. The summed E-state index contributed by atoms with van der Waals surface area (Å²) in [5.41, 5.74) is 0. The third-order valence-electron chi connectivity index (χ3n) is 2.33. The van der Waals surface area contributed by atoms with Crippen LogP contribution in [0.2, 0.25) is 0 Å². The Morgan fingerprint density at radius 3 is 2.91 bits per heavy atom. The summed E-state index contributed by atoms with van der Waals surface area (Å²) in [5, 5.41) is 0. The van der Waals surface area contributed by atoms with Gasteiger partial charge < -0.3 is 4.74 Å². The molecule has 1 heterocycles. The Balaban J connectivity index is 2.23. The molecule has 11 heavy (non-hydrogen) atoms. The highest BCUT2D eigenvalue weighted by molar-refractivity contribution is 5.77. The third-order valence-corrected chi connectivity index (χ3v) is 2.33. The lowest BCUT2D eigenvalue weighted by molar-refractivity contribution is -0.121. The second-order valence-electron chi connectivity index (χ2n) is 3.38. The minimum atomic E-state index is 0.179. The molecule has 0 radical (unpaired) electrons. The van der Waals surface area contributed by atoms with Crippen molar-refractivity contribution in [3.8, 4) is 0 Å². The van der Waals surface area contributed by atoms with Crippen LogP contribution in [0.3, 0.4) is 0 Å². The standard InChI is InChI=1S/C9H16O2/c1-7(8(2)10)6-9-4-3-5-11-9/h7,9H,3-6H2,1-2H3. The summed E-state index contributed by atoms with van der Waals surface area (Å²) >= 11 is 0. The normalized spacial score (nSPS) is 26.9. The smallest absolute Gasteiger partial charge is 0.132 e. The van der Waals surface area contributed by atoms with Crippen molar-refractivity contribution < 1.29 is 9.53 Å². The molecule has 0 aromatic heterocycles. The van der Waals surface area contributed by atoms with Crippen LogP contribution in [0, 0.1) is 5.92 Å².